The van der Waals surface area contributed by atoms with Crippen LogP contribution in [0, 0.1) is 5.92 Å². The zero-order valence-corrected chi connectivity index (χ0v) is 15.5. The summed E-state index contributed by atoms with van der Waals surface area (Å²) >= 11 is 0. The van der Waals surface area contributed by atoms with Gasteiger partial charge in [-0.2, -0.15) is 0 Å². The fourth-order valence-electron chi connectivity index (χ4n) is 4.44. The van der Waals surface area contributed by atoms with E-state index in [1.807, 2.05) is 18.3 Å². The van der Waals surface area contributed by atoms with E-state index in [0.29, 0.717) is 6.54 Å². The molecule has 2 heterocycles. The summed E-state index contributed by atoms with van der Waals surface area (Å²) in [4.78, 5) is 16.5. The van der Waals surface area contributed by atoms with Crippen molar-refractivity contribution in [2.75, 3.05) is 13.2 Å². The van der Waals surface area contributed by atoms with E-state index in [9.17, 15) is 9.90 Å². The van der Waals surface area contributed by atoms with Crippen LogP contribution in [0.4, 0.5) is 0 Å². The Hall–Kier alpha value is -2.24. The Morgan fingerprint density at radius 3 is 2.56 bits per heavy atom. The summed E-state index contributed by atoms with van der Waals surface area (Å²) in [5, 5.41) is 16.2. The quantitative estimate of drug-likeness (QED) is 0.735. The van der Waals surface area contributed by atoms with Crippen molar-refractivity contribution in [2.24, 2.45) is 5.92 Å². The molecule has 0 spiro atoms. The molecule has 5 nitrogen and oxygen atoms in total. The third-order valence-corrected chi connectivity index (χ3v) is 6.00. The molecular weight excluding hydrogens is 338 g/mol. The van der Waals surface area contributed by atoms with E-state index in [-0.39, 0.29) is 36.4 Å². The fourth-order valence-corrected chi connectivity index (χ4v) is 4.44. The lowest BCUT2D eigenvalue weighted by molar-refractivity contribution is -0.125. The maximum atomic E-state index is 12.3. The molecule has 2 aromatic rings. The largest absolute Gasteiger partial charge is 0.395 e. The first-order valence-corrected chi connectivity index (χ1v) is 9.91. The van der Waals surface area contributed by atoms with E-state index in [4.69, 9.17) is 0 Å². The van der Waals surface area contributed by atoms with Crippen molar-refractivity contribution < 1.29 is 9.90 Å². The van der Waals surface area contributed by atoms with Crippen LogP contribution in [-0.2, 0) is 4.79 Å². The molecule has 1 aromatic carbocycles. The maximum Gasteiger partial charge on any atom is 0.223 e. The van der Waals surface area contributed by atoms with Gasteiger partial charge in [-0.3, -0.25) is 9.78 Å². The van der Waals surface area contributed by atoms with E-state index in [0.717, 1.165) is 36.8 Å². The average molecular weight is 365 g/mol. The number of aliphatic hydroxyl groups is 1. The Labute approximate surface area is 160 Å². The van der Waals surface area contributed by atoms with Gasteiger partial charge in [0.25, 0.3) is 0 Å². The number of benzene rings is 1. The van der Waals surface area contributed by atoms with Crippen molar-refractivity contribution >= 4 is 5.91 Å². The first kappa shape index (κ1) is 18.1. The van der Waals surface area contributed by atoms with Gasteiger partial charge in [0.1, 0.15) is 0 Å². The zero-order valence-electron chi connectivity index (χ0n) is 15.5. The lowest BCUT2D eigenvalue weighted by atomic mass is 9.77. The molecule has 27 heavy (non-hydrogen) atoms. The van der Waals surface area contributed by atoms with Gasteiger partial charge >= 0.3 is 0 Å². The van der Waals surface area contributed by atoms with E-state index in [1.165, 1.54) is 5.56 Å². The van der Waals surface area contributed by atoms with Gasteiger partial charge in [-0.05, 0) is 35.6 Å². The third kappa shape index (κ3) is 3.89. The Morgan fingerprint density at radius 2 is 1.89 bits per heavy atom. The molecule has 0 radical (unpaired) electrons. The highest BCUT2D eigenvalue weighted by Gasteiger charge is 2.41. The van der Waals surface area contributed by atoms with Crippen molar-refractivity contribution in [2.45, 2.75) is 43.7 Å². The van der Waals surface area contributed by atoms with Gasteiger partial charge in [0.05, 0.1) is 6.61 Å². The van der Waals surface area contributed by atoms with Crippen LogP contribution in [0.25, 0.3) is 11.1 Å². The van der Waals surface area contributed by atoms with E-state index in [1.54, 1.807) is 6.20 Å². The van der Waals surface area contributed by atoms with Gasteiger partial charge in [-0.1, -0.05) is 43.2 Å². The Kier molecular flexibility index (Phi) is 5.50. The molecule has 5 heteroatoms. The van der Waals surface area contributed by atoms with Crippen molar-refractivity contribution in [1.82, 2.24) is 15.6 Å². The monoisotopic (exact) mass is 365 g/mol. The number of rotatable bonds is 6. The van der Waals surface area contributed by atoms with Crippen LogP contribution >= 0.6 is 0 Å². The van der Waals surface area contributed by atoms with E-state index >= 15 is 0 Å². The fraction of sp³-hybridized carbons (Fsp3) is 0.455. The minimum absolute atomic E-state index is 0.0441. The van der Waals surface area contributed by atoms with Gasteiger partial charge in [0, 0.05) is 42.9 Å². The molecule has 1 saturated heterocycles. The second-order valence-electron chi connectivity index (χ2n) is 7.68. The number of aliphatic hydroxyl groups excluding tert-OH is 1. The number of carbonyl (C=O) groups excluding carboxylic acids is 1. The highest BCUT2D eigenvalue weighted by Crippen LogP contribution is 2.33. The van der Waals surface area contributed by atoms with Crippen LogP contribution in [0.5, 0.6) is 0 Å². The molecular formula is C22H27N3O2. The molecule has 1 aliphatic heterocycles. The Morgan fingerprint density at radius 1 is 1.11 bits per heavy atom. The SMILES string of the molecule is O=C(NC[C@@H]1N[C@@H](CO)[C@H]1c1ccc(-c2cccnc2)cc1)C1CCCC1. The number of hydrogen-bond acceptors (Lipinski definition) is 4. The number of hydrogen-bond donors (Lipinski definition) is 3. The molecule has 2 aliphatic rings. The van der Waals surface area contributed by atoms with E-state index in [2.05, 4.69) is 39.9 Å². The highest BCUT2D eigenvalue weighted by atomic mass is 16.3. The Bertz CT molecular complexity index is 757. The standard InChI is InChI=1S/C22H27N3O2/c26-14-20-21(19(25-20)13-24-22(27)17-4-1-2-5-17)16-9-7-15(8-10-16)18-6-3-11-23-12-18/h3,6-12,17,19-21,25-26H,1-2,4-5,13-14H2,(H,24,27)/t19-,20-,21-/m0/s1. The van der Waals surface area contributed by atoms with Crippen molar-refractivity contribution in [1.29, 1.82) is 0 Å². The van der Waals surface area contributed by atoms with Gasteiger partial charge in [0.2, 0.25) is 5.91 Å². The number of pyridine rings is 1. The summed E-state index contributed by atoms with van der Waals surface area (Å²) in [6, 6.07) is 12.7. The molecule has 142 valence electrons. The van der Waals surface area contributed by atoms with Crippen molar-refractivity contribution in [3.05, 3.63) is 54.4 Å². The van der Waals surface area contributed by atoms with Crippen LogP contribution in [0.2, 0.25) is 0 Å². The smallest absolute Gasteiger partial charge is 0.223 e. The minimum Gasteiger partial charge on any atom is -0.395 e. The average Bonchev–Trinajstić information content (AvgIpc) is 3.23. The molecule has 1 amide bonds. The Balaban J connectivity index is 1.41. The normalized spacial score (nSPS) is 25.1. The van der Waals surface area contributed by atoms with Crippen molar-refractivity contribution in [3.8, 4) is 11.1 Å². The zero-order chi connectivity index (χ0) is 18.6. The molecule has 0 unspecified atom stereocenters. The van der Waals surface area contributed by atoms with Gasteiger partial charge in [0.15, 0.2) is 0 Å². The van der Waals surface area contributed by atoms with Crippen LogP contribution in [0.15, 0.2) is 48.8 Å². The molecule has 4 rings (SSSR count). The summed E-state index contributed by atoms with van der Waals surface area (Å²) in [6.07, 6.45) is 7.99. The first-order valence-electron chi connectivity index (χ1n) is 9.91. The summed E-state index contributed by atoms with van der Waals surface area (Å²) < 4.78 is 0. The van der Waals surface area contributed by atoms with Gasteiger partial charge in [-0.25, -0.2) is 0 Å². The summed E-state index contributed by atoms with van der Waals surface area (Å²) in [7, 11) is 0. The third-order valence-electron chi connectivity index (χ3n) is 6.00. The molecule has 1 aliphatic carbocycles. The van der Waals surface area contributed by atoms with E-state index < -0.39 is 0 Å². The molecule has 1 saturated carbocycles. The van der Waals surface area contributed by atoms with Crippen LogP contribution < -0.4 is 10.6 Å². The second-order valence-corrected chi connectivity index (χ2v) is 7.68. The predicted molar refractivity (Wildman–Crippen MR) is 105 cm³/mol. The minimum atomic E-state index is 0.0441. The lowest BCUT2D eigenvalue weighted by Gasteiger charge is -2.46. The maximum absolute atomic E-state index is 12.3. The summed E-state index contributed by atoms with van der Waals surface area (Å²) in [6.45, 7) is 0.711. The highest BCUT2D eigenvalue weighted by molar-refractivity contribution is 5.78. The van der Waals surface area contributed by atoms with Crippen LogP contribution in [0.1, 0.15) is 37.2 Å². The van der Waals surface area contributed by atoms with Crippen molar-refractivity contribution in [3.63, 3.8) is 0 Å². The number of nitrogens with one attached hydrogen (secondary N) is 2. The predicted octanol–water partition coefficient (Wildman–Crippen LogP) is 2.47. The van der Waals surface area contributed by atoms with Crippen LogP contribution in [0.3, 0.4) is 0 Å². The number of amides is 1. The summed E-state index contributed by atoms with van der Waals surface area (Å²) in [5.74, 6) is 0.588. The lowest BCUT2D eigenvalue weighted by Crippen LogP contribution is -2.64. The molecule has 3 atom stereocenters. The molecule has 3 N–H and O–H groups in total. The number of nitrogens with zero attached hydrogens (tertiary/aromatic N) is 1. The van der Waals surface area contributed by atoms with Crippen LogP contribution in [-0.4, -0.2) is 41.2 Å². The topological polar surface area (TPSA) is 74.2 Å². The van der Waals surface area contributed by atoms with Gasteiger partial charge < -0.3 is 15.7 Å². The number of carbonyl (C=O) groups is 1. The van der Waals surface area contributed by atoms with Gasteiger partial charge in [-0.15, -0.1) is 0 Å². The molecule has 2 fully saturated rings. The first-order chi connectivity index (χ1) is 13.3. The molecule has 1 aromatic heterocycles. The number of aromatic nitrogens is 1. The molecule has 0 bridgehead atoms. The second kappa shape index (κ2) is 8.19. The summed E-state index contributed by atoms with van der Waals surface area (Å²) in [5.41, 5.74) is 3.42.